The van der Waals surface area contributed by atoms with E-state index in [0.29, 0.717) is 11.0 Å². The maximum atomic E-state index is 6.02. The van der Waals surface area contributed by atoms with Crippen molar-refractivity contribution in [1.29, 1.82) is 0 Å². The zero-order valence-electron chi connectivity index (χ0n) is 10.7. The molecule has 0 unspecified atom stereocenters. The second-order valence-electron chi connectivity index (χ2n) is 4.05. The molecular weight excluding hydrogens is 248 g/mol. The van der Waals surface area contributed by atoms with Crippen LogP contribution in [0.2, 0.25) is 5.15 Å². The lowest BCUT2D eigenvalue weighted by Crippen LogP contribution is -1.95. The molecule has 3 nitrogen and oxygen atoms in total. The van der Waals surface area contributed by atoms with Crippen LogP contribution in [0.15, 0.2) is 24.4 Å². The van der Waals surface area contributed by atoms with Gasteiger partial charge in [0.1, 0.15) is 10.9 Å². The molecule has 0 N–H and O–H groups in total. The molecule has 0 radical (unpaired) electrons. The maximum Gasteiger partial charge on any atom is 0.160 e. The maximum absolute atomic E-state index is 6.02. The normalized spacial score (nSPS) is 10.4. The van der Waals surface area contributed by atoms with E-state index < -0.39 is 0 Å². The van der Waals surface area contributed by atoms with Crippen LogP contribution in [0.25, 0.3) is 11.4 Å². The Bertz CT molecular complexity index is 570. The van der Waals surface area contributed by atoms with Crippen molar-refractivity contribution in [2.75, 3.05) is 7.11 Å². The molecule has 4 heteroatoms. The Kier molecular flexibility index (Phi) is 3.82. The van der Waals surface area contributed by atoms with Crippen LogP contribution >= 0.6 is 11.6 Å². The van der Waals surface area contributed by atoms with Gasteiger partial charge in [-0.3, -0.25) is 0 Å². The van der Waals surface area contributed by atoms with E-state index in [1.165, 1.54) is 0 Å². The number of ether oxygens (including phenoxy) is 1. The van der Waals surface area contributed by atoms with Gasteiger partial charge in [0.05, 0.1) is 7.11 Å². The predicted molar refractivity (Wildman–Crippen MR) is 73.1 cm³/mol. The summed E-state index contributed by atoms with van der Waals surface area (Å²) in [4.78, 5) is 8.59. The summed E-state index contributed by atoms with van der Waals surface area (Å²) in [7, 11) is 1.67. The Hall–Kier alpha value is -1.61. The fourth-order valence-corrected chi connectivity index (χ4v) is 1.88. The van der Waals surface area contributed by atoms with Crippen LogP contribution in [0, 0.1) is 6.92 Å². The summed E-state index contributed by atoms with van der Waals surface area (Å²) in [6.07, 6.45) is 2.64. The van der Waals surface area contributed by atoms with Gasteiger partial charge >= 0.3 is 0 Å². The number of rotatable bonds is 3. The third-order valence-electron chi connectivity index (χ3n) is 2.83. The van der Waals surface area contributed by atoms with E-state index >= 15 is 0 Å². The van der Waals surface area contributed by atoms with Gasteiger partial charge in [-0.2, -0.15) is 0 Å². The first-order valence-electron chi connectivity index (χ1n) is 5.82. The molecule has 2 aromatic rings. The lowest BCUT2D eigenvalue weighted by atomic mass is 10.1. The van der Waals surface area contributed by atoms with Gasteiger partial charge in [-0.25, -0.2) is 9.97 Å². The Morgan fingerprint density at radius 2 is 2.11 bits per heavy atom. The largest absolute Gasteiger partial charge is 0.496 e. The van der Waals surface area contributed by atoms with E-state index in [2.05, 4.69) is 16.9 Å². The molecule has 0 saturated carbocycles. The molecule has 0 atom stereocenters. The van der Waals surface area contributed by atoms with Crippen molar-refractivity contribution < 1.29 is 4.74 Å². The molecule has 1 aromatic heterocycles. The molecule has 0 saturated heterocycles. The highest BCUT2D eigenvalue weighted by molar-refractivity contribution is 6.30. The van der Waals surface area contributed by atoms with Gasteiger partial charge in [-0.05, 0) is 37.1 Å². The average Bonchev–Trinajstić information content (AvgIpc) is 2.41. The minimum atomic E-state index is 0.494. The number of benzene rings is 1. The molecule has 0 aliphatic rings. The van der Waals surface area contributed by atoms with Gasteiger partial charge in [0.25, 0.3) is 0 Å². The summed E-state index contributed by atoms with van der Waals surface area (Å²) in [6, 6.07) is 5.92. The highest BCUT2D eigenvalue weighted by atomic mass is 35.5. The molecule has 1 aromatic carbocycles. The smallest absolute Gasteiger partial charge is 0.160 e. The summed E-state index contributed by atoms with van der Waals surface area (Å²) in [5.41, 5.74) is 2.97. The molecule has 0 fully saturated rings. The Morgan fingerprint density at radius 1 is 1.33 bits per heavy atom. The predicted octanol–water partition coefficient (Wildman–Crippen LogP) is 3.68. The van der Waals surface area contributed by atoms with Crippen LogP contribution < -0.4 is 4.74 Å². The van der Waals surface area contributed by atoms with E-state index in [-0.39, 0.29) is 0 Å². The first kappa shape index (κ1) is 12.8. The van der Waals surface area contributed by atoms with Crippen LogP contribution in [0.1, 0.15) is 18.1 Å². The van der Waals surface area contributed by atoms with Crippen molar-refractivity contribution in [2.45, 2.75) is 20.3 Å². The van der Waals surface area contributed by atoms with E-state index in [0.717, 1.165) is 28.9 Å². The van der Waals surface area contributed by atoms with Crippen LogP contribution in [-0.4, -0.2) is 17.1 Å². The highest BCUT2D eigenvalue weighted by Gasteiger charge is 2.08. The van der Waals surface area contributed by atoms with Crippen LogP contribution in [0.3, 0.4) is 0 Å². The minimum absolute atomic E-state index is 0.494. The SMILES string of the molecule is CCc1cc(-c2ncc(C)c(Cl)n2)ccc1OC. The van der Waals surface area contributed by atoms with Crippen LogP contribution in [-0.2, 0) is 6.42 Å². The molecule has 0 aliphatic carbocycles. The van der Waals surface area contributed by atoms with Gasteiger partial charge in [-0.1, -0.05) is 18.5 Å². The van der Waals surface area contributed by atoms with Crippen LogP contribution in [0.4, 0.5) is 0 Å². The summed E-state index contributed by atoms with van der Waals surface area (Å²) >= 11 is 6.02. The van der Waals surface area contributed by atoms with Gasteiger partial charge < -0.3 is 4.74 Å². The van der Waals surface area contributed by atoms with Crippen molar-refractivity contribution in [2.24, 2.45) is 0 Å². The molecule has 0 amide bonds. The first-order chi connectivity index (χ1) is 8.65. The molecule has 18 heavy (non-hydrogen) atoms. The number of aryl methyl sites for hydroxylation is 2. The van der Waals surface area contributed by atoms with Gasteiger partial charge in [-0.15, -0.1) is 0 Å². The number of hydrogen-bond acceptors (Lipinski definition) is 3. The third-order valence-corrected chi connectivity index (χ3v) is 3.21. The second-order valence-corrected chi connectivity index (χ2v) is 4.41. The van der Waals surface area contributed by atoms with Gasteiger partial charge in [0.15, 0.2) is 5.82 Å². The number of halogens is 1. The monoisotopic (exact) mass is 262 g/mol. The Balaban J connectivity index is 2.47. The van der Waals surface area contributed by atoms with Crippen molar-refractivity contribution in [1.82, 2.24) is 9.97 Å². The zero-order chi connectivity index (χ0) is 13.1. The minimum Gasteiger partial charge on any atom is -0.496 e. The lowest BCUT2D eigenvalue weighted by molar-refractivity contribution is 0.410. The molecule has 0 spiro atoms. The lowest BCUT2D eigenvalue weighted by Gasteiger charge is -2.09. The van der Waals surface area contributed by atoms with Crippen molar-refractivity contribution in [3.63, 3.8) is 0 Å². The molecular formula is C14H15ClN2O. The van der Waals surface area contributed by atoms with E-state index in [4.69, 9.17) is 16.3 Å². The molecule has 2 rings (SSSR count). The van der Waals surface area contributed by atoms with Crippen molar-refractivity contribution in [3.05, 3.63) is 40.7 Å². The fourth-order valence-electron chi connectivity index (χ4n) is 1.75. The number of nitrogens with zero attached hydrogens (tertiary/aromatic N) is 2. The summed E-state index contributed by atoms with van der Waals surface area (Å²) in [5, 5.41) is 0.494. The average molecular weight is 263 g/mol. The second kappa shape index (κ2) is 5.36. The number of aromatic nitrogens is 2. The molecule has 0 bridgehead atoms. The number of methoxy groups -OCH3 is 1. The van der Waals surface area contributed by atoms with E-state index in [1.54, 1.807) is 13.3 Å². The quantitative estimate of drug-likeness (QED) is 0.792. The van der Waals surface area contributed by atoms with Crippen LogP contribution in [0.5, 0.6) is 5.75 Å². The topological polar surface area (TPSA) is 35.0 Å². The van der Waals surface area contributed by atoms with Crippen molar-refractivity contribution in [3.8, 4) is 17.1 Å². The highest BCUT2D eigenvalue weighted by Crippen LogP contribution is 2.26. The van der Waals surface area contributed by atoms with E-state index in [1.807, 2.05) is 25.1 Å². The summed E-state index contributed by atoms with van der Waals surface area (Å²) in [6.45, 7) is 3.97. The summed E-state index contributed by atoms with van der Waals surface area (Å²) in [5.74, 6) is 1.53. The Labute approximate surface area is 112 Å². The van der Waals surface area contributed by atoms with Gasteiger partial charge in [0, 0.05) is 17.3 Å². The fraction of sp³-hybridized carbons (Fsp3) is 0.286. The molecule has 94 valence electrons. The van der Waals surface area contributed by atoms with Crippen molar-refractivity contribution >= 4 is 11.6 Å². The third kappa shape index (κ3) is 2.46. The Morgan fingerprint density at radius 3 is 2.72 bits per heavy atom. The first-order valence-corrected chi connectivity index (χ1v) is 6.20. The standard InChI is InChI=1S/C14H15ClN2O/c1-4-10-7-11(5-6-12(10)18-3)14-16-8-9(2)13(15)17-14/h5-8H,4H2,1-3H3. The molecule has 1 heterocycles. The number of hydrogen-bond donors (Lipinski definition) is 0. The zero-order valence-corrected chi connectivity index (χ0v) is 11.5. The van der Waals surface area contributed by atoms with Gasteiger partial charge in [0.2, 0.25) is 0 Å². The molecule has 0 aliphatic heterocycles. The van der Waals surface area contributed by atoms with E-state index in [9.17, 15) is 0 Å². The summed E-state index contributed by atoms with van der Waals surface area (Å²) < 4.78 is 5.30.